The number of thiophene rings is 1. The van der Waals surface area contributed by atoms with Crippen molar-refractivity contribution in [1.29, 1.82) is 0 Å². The SMILES string of the molecule is COC(=O)c1nc(OC)c2sc3nc(-c4ccccc4)cc(C)c3c2n1. The Labute approximate surface area is 153 Å². The summed E-state index contributed by atoms with van der Waals surface area (Å²) >= 11 is 1.45. The lowest BCUT2D eigenvalue weighted by molar-refractivity contribution is 0.0586. The van der Waals surface area contributed by atoms with Crippen molar-refractivity contribution < 1.29 is 14.3 Å². The van der Waals surface area contributed by atoms with Crippen LogP contribution in [0.5, 0.6) is 5.88 Å². The minimum atomic E-state index is -0.601. The van der Waals surface area contributed by atoms with Crippen LogP contribution in [-0.4, -0.2) is 35.1 Å². The van der Waals surface area contributed by atoms with Crippen LogP contribution in [0.15, 0.2) is 36.4 Å². The van der Waals surface area contributed by atoms with E-state index in [0.29, 0.717) is 11.4 Å². The molecule has 3 heterocycles. The van der Waals surface area contributed by atoms with E-state index in [4.69, 9.17) is 14.5 Å². The zero-order valence-electron chi connectivity index (χ0n) is 14.4. The van der Waals surface area contributed by atoms with E-state index in [2.05, 4.69) is 9.97 Å². The Morgan fingerprint density at radius 2 is 1.85 bits per heavy atom. The summed E-state index contributed by atoms with van der Waals surface area (Å²) in [7, 11) is 2.82. The molecule has 0 saturated heterocycles. The third-order valence-corrected chi connectivity index (χ3v) is 5.15. The van der Waals surface area contributed by atoms with Gasteiger partial charge in [-0.15, -0.1) is 11.3 Å². The number of esters is 1. The largest absolute Gasteiger partial charge is 0.480 e. The molecule has 0 unspecified atom stereocenters. The Morgan fingerprint density at radius 1 is 1.08 bits per heavy atom. The van der Waals surface area contributed by atoms with Crippen LogP contribution in [0.4, 0.5) is 0 Å². The van der Waals surface area contributed by atoms with Crippen LogP contribution < -0.4 is 4.74 Å². The molecule has 0 spiro atoms. The minimum Gasteiger partial charge on any atom is -0.480 e. The second-order valence-electron chi connectivity index (χ2n) is 5.70. The summed E-state index contributed by atoms with van der Waals surface area (Å²) in [6.07, 6.45) is 0. The van der Waals surface area contributed by atoms with Gasteiger partial charge in [0.25, 0.3) is 0 Å². The molecule has 0 radical (unpaired) electrons. The first-order valence-electron chi connectivity index (χ1n) is 7.92. The van der Waals surface area contributed by atoms with Gasteiger partial charge in [0.15, 0.2) is 0 Å². The topological polar surface area (TPSA) is 74.2 Å². The number of rotatable bonds is 3. The highest BCUT2D eigenvalue weighted by Gasteiger charge is 2.21. The summed E-state index contributed by atoms with van der Waals surface area (Å²) in [5, 5.41) is 0.899. The quantitative estimate of drug-likeness (QED) is 0.511. The monoisotopic (exact) mass is 365 g/mol. The average Bonchev–Trinajstić information content (AvgIpc) is 3.06. The molecule has 4 rings (SSSR count). The van der Waals surface area contributed by atoms with Gasteiger partial charge in [0, 0.05) is 10.9 Å². The molecule has 0 amide bonds. The van der Waals surface area contributed by atoms with Crippen LogP contribution in [0.1, 0.15) is 16.2 Å². The van der Waals surface area contributed by atoms with Crippen molar-refractivity contribution in [1.82, 2.24) is 15.0 Å². The summed E-state index contributed by atoms with van der Waals surface area (Å²) in [5.41, 5.74) is 3.61. The molecule has 1 aromatic carbocycles. The fourth-order valence-corrected chi connectivity index (χ4v) is 4.03. The number of aryl methyl sites for hydroxylation is 1. The smallest absolute Gasteiger partial charge is 0.376 e. The lowest BCUT2D eigenvalue weighted by Crippen LogP contribution is -2.08. The first-order chi connectivity index (χ1) is 12.6. The molecule has 3 aromatic heterocycles. The first-order valence-corrected chi connectivity index (χ1v) is 8.73. The van der Waals surface area contributed by atoms with Gasteiger partial charge in [-0.05, 0) is 18.6 Å². The van der Waals surface area contributed by atoms with E-state index in [9.17, 15) is 4.79 Å². The van der Waals surface area contributed by atoms with Crippen molar-refractivity contribution in [3.8, 4) is 17.1 Å². The molecule has 0 aliphatic rings. The number of methoxy groups -OCH3 is 2. The van der Waals surface area contributed by atoms with Gasteiger partial charge >= 0.3 is 5.97 Å². The van der Waals surface area contributed by atoms with E-state index in [0.717, 1.165) is 31.7 Å². The predicted molar refractivity (Wildman–Crippen MR) is 101 cm³/mol. The van der Waals surface area contributed by atoms with Crippen LogP contribution in [0.3, 0.4) is 0 Å². The molecular weight excluding hydrogens is 350 g/mol. The van der Waals surface area contributed by atoms with Crippen molar-refractivity contribution in [2.24, 2.45) is 0 Å². The Bertz CT molecular complexity index is 1140. The van der Waals surface area contributed by atoms with Crippen molar-refractivity contribution in [3.63, 3.8) is 0 Å². The van der Waals surface area contributed by atoms with E-state index >= 15 is 0 Å². The van der Waals surface area contributed by atoms with Crippen molar-refractivity contribution in [3.05, 3.63) is 47.8 Å². The zero-order valence-corrected chi connectivity index (χ0v) is 15.3. The standard InChI is InChI=1S/C19H15N3O3S/c1-10-9-12(11-7-5-4-6-8-11)20-18-13(10)14-15(26-18)17(24-2)22-16(21-14)19(23)25-3/h4-9H,1-3H3. The maximum absolute atomic E-state index is 11.9. The van der Waals surface area contributed by atoms with Crippen LogP contribution >= 0.6 is 11.3 Å². The molecule has 0 fully saturated rings. The third-order valence-electron chi connectivity index (χ3n) is 4.08. The molecule has 0 bridgehead atoms. The summed E-state index contributed by atoms with van der Waals surface area (Å²) in [5.74, 6) is -0.279. The number of hydrogen-bond acceptors (Lipinski definition) is 7. The van der Waals surface area contributed by atoms with Gasteiger partial charge in [0.2, 0.25) is 11.7 Å². The highest BCUT2D eigenvalue weighted by Crippen LogP contribution is 2.39. The van der Waals surface area contributed by atoms with Crippen molar-refractivity contribution in [2.45, 2.75) is 6.92 Å². The molecule has 0 N–H and O–H groups in total. The van der Waals surface area contributed by atoms with Crippen LogP contribution in [0, 0.1) is 6.92 Å². The Morgan fingerprint density at radius 3 is 2.54 bits per heavy atom. The number of pyridine rings is 1. The number of ether oxygens (including phenoxy) is 2. The highest BCUT2D eigenvalue weighted by atomic mass is 32.1. The van der Waals surface area contributed by atoms with E-state index in [1.165, 1.54) is 25.6 Å². The Kier molecular flexibility index (Phi) is 4.00. The highest BCUT2D eigenvalue weighted by molar-refractivity contribution is 7.25. The molecule has 7 heteroatoms. The normalized spacial score (nSPS) is 11.0. The number of benzene rings is 1. The van der Waals surface area contributed by atoms with Gasteiger partial charge in [-0.25, -0.2) is 14.8 Å². The van der Waals surface area contributed by atoms with Gasteiger partial charge in [0.1, 0.15) is 9.53 Å². The molecule has 6 nitrogen and oxygen atoms in total. The summed E-state index contributed by atoms with van der Waals surface area (Å²) in [4.78, 5) is 26.1. The summed E-state index contributed by atoms with van der Waals surface area (Å²) < 4.78 is 10.9. The lowest BCUT2D eigenvalue weighted by atomic mass is 10.1. The van der Waals surface area contributed by atoms with Gasteiger partial charge in [-0.2, -0.15) is 4.98 Å². The number of nitrogens with zero attached hydrogens (tertiary/aromatic N) is 3. The maximum atomic E-state index is 11.9. The van der Waals surface area contributed by atoms with E-state index < -0.39 is 5.97 Å². The molecule has 4 aromatic rings. The van der Waals surface area contributed by atoms with E-state index in [-0.39, 0.29) is 5.82 Å². The fourth-order valence-electron chi connectivity index (χ4n) is 2.87. The van der Waals surface area contributed by atoms with E-state index in [1.54, 1.807) is 0 Å². The second kappa shape index (κ2) is 6.34. The van der Waals surface area contributed by atoms with Crippen molar-refractivity contribution in [2.75, 3.05) is 14.2 Å². The lowest BCUT2D eigenvalue weighted by Gasteiger charge is -2.05. The van der Waals surface area contributed by atoms with Gasteiger partial charge < -0.3 is 9.47 Å². The van der Waals surface area contributed by atoms with E-state index in [1.807, 2.05) is 43.3 Å². The molecule has 130 valence electrons. The van der Waals surface area contributed by atoms with Crippen LogP contribution in [-0.2, 0) is 4.74 Å². The van der Waals surface area contributed by atoms with Gasteiger partial charge in [-0.3, -0.25) is 0 Å². The number of fused-ring (bicyclic) bond motifs is 3. The first kappa shape index (κ1) is 16.4. The molecule has 0 aliphatic heterocycles. The number of carbonyl (C=O) groups is 1. The Hall–Kier alpha value is -3.06. The number of aromatic nitrogens is 3. The molecule has 26 heavy (non-hydrogen) atoms. The maximum Gasteiger partial charge on any atom is 0.376 e. The van der Waals surface area contributed by atoms with Crippen LogP contribution in [0.2, 0.25) is 0 Å². The predicted octanol–water partition coefficient (Wildman–Crippen LogP) is 4.01. The summed E-state index contributed by atoms with van der Waals surface area (Å²) in [6, 6.07) is 12.0. The average molecular weight is 365 g/mol. The van der Waals surface area contributed by atoms with Gasteiger partial charge in [-0.1, -0.05) is 30.3 Å². The molecule has 0 aliphatic carbocycles. The minimum absolute atomic E-state index is 0.0249. The number of carbonyl (C=O) groups excluding carboxylic acids is 1. The fraction of sp³-hybridized carbons (Fsp3) is 0.158. The van der Waals surface area contributed by atoms with Crippen LogP contribution in [0.25, 0.3) is 31.7 Å². The van der Waals surface area contributed by atoms with Crippen molar-refractivity contribution >= 4 is 37.7 Å². The third kappa shape index (κ3) is 2.57. The molecule has 0 saturated carbocycles. The molecular formula is C19H15N3O3S. The number of hydrogen-bond donors (Lipinski definition) is 0. The molecule has 0 atom stereocenters. The Balaban J connectivity index is 2.03. The zero-order chi connectivity index (χ0) is 18.3. The second-order valence-corrected chi connectivity index (χ2v) is 6.70. The summed E-state index contributed by atoms with van der Waals surface area (Å²) in [6.45, 7) is 2.01. The van der Waals surface area contributed by atoms with Gasteiger partial charge in [0.05, 0.1) is 25.4 Å².